The Balaban J connectivity index is 2.43. The van der Waals surface area contributed by atoms with E-state index in [1.165, 1.54) is 6.92 Å². The molecule has 0 radical (unpaired) electrons. The van der Waals surface area contributed by atoms with Crippen LogP contribution in [0, 0.1) is 24.4 Å². The largest absolute Gasteiger partial charge is 0.340 e. The molecule has 0 saturated carbocycles. The van der Waals surface area contributed by atoms with Gasteiger partial charge in [-0.3, -0.25) is 0 Å². The normalized spacial score (nSPS) is 12.8. The van der Waals surface area contributed by atoms with E-state index in [4.69, 9.17) is 5.73 Å². The average Bonchev–Trinajstić information content (AvgIpc) is 2.69. The Morgan fingerprint density at radius 3 is 2.41 bits per heavy atom. The lowest BCUT2D eigenvalue weighted by Gasteiger charge is -2.09. The minimum atomic E-state index is -1.28. The van der Waals surface area contributed by atoms with Gasteiger partial charge in [-0.05, 0) is 6.07 Å². The first-order valence-corrected chi connectivity index (χ1v) is 4.69. The number of benzene rings is 1. The minimum Gasteiger partial charge on any atom is -0.340 e. The molecule has 0 fully saturated rings. The number of hydrogen-bond donors (Lipinski definition) is 1. The summed E-state index contributed by atoms with van der Waals surface area (Å²) in [6.07, 6.45) is 0. The third kappa shape index (κ3) is 2.14. The summed E-state index contributed by atoms with van der Waals surface area (Å²) in [5.74, 6) is -3.16. The first-order valence-electron chi connectivity index (χ1n) is 4.69. The molecule has 17 heavy (non-hydrogen) atoms. The van der Waals surface area contributed by atoms with Crippen LogP contribution in [0.1, 0.15) is 23.3 Å². The molecule has 1 heterocycles. The van der Waals surface area contributed by atoms with Crippen molar-refractivity contribution in [1.29, 1.82) is 0 Å². The first-order chi connectivity index (χ1) is 7.99. The summed E-state index contributed by atoms with van der Waals surface area (Å²) >= 11 is 0. The summed E-state index contributed by atoms with van der Waals surface area (Å²) < 4.78 is 43.8. The Morgan fingerprint density at radius 1 is 1.18 bits per heavy atom. The van der Waals surface area contributed by atoms with Gasteiger partial charge in [-0.15, -0.1) is 0 Å². The summed E-state index contributed by atoms with van der Waals surface area (Å²) in [5.41, 5.74) is 5.40. The maximum atomic E-state index is 13.4. The third-order valence-corrected chi connectivity index (χ3v) is 2.20. The lowest BCUT2D eigenvalue weighted by Crippen LogP contribution is -2.16. The molecule has 2 aromatic rings. The van der Waals surface area contributed by atoms with Crippen LogP contribution in [0.15, 0.2) is 16.7 Å². The smallest absolute Gasteiger partial charge is 0.223 e. The molecule has 1 atom stereocenters. The number of hydrogen-bond acceptors (Lipinski definition) is 4. The maximum absolute atomic E-state index is 13.4. The van der Waals surface area contributed by atoms with Crippen molar-refractivity contribution in [2.75, 3.05) is 0 Å². The fourth-order valence-electron chi connectivity index (χ4n) is 1.36. The van der Waals surface area contributed by atoms with Crippen molar-refractivity contribution in [2.24, 2.45) is 5.73 Å². The summed E-state index contributed by atoms with van der Waals surface area (Å²) in [6, 6.07) is 0.000866. The Morgan fingerprint density at radius 2 is 1.82 bits per heavy atom. The molecular weight excluding hydrogens is 235 g/mol. The van der Waals surface area contributed by atoms with Crippen molar-refractivity contribution in [3.63, 3.8) is 0 Å². The van der Waals surface area contributed by atoms with Crippen molar-refractivity contribution in [2.45, 2.75) is 13.0 Å². The number of nitrogens with two attached hydrogens (primary N) is 1. The molecule has 1 aromatic heterocycles. The summed E-state index contributed by atoms with van der Waals surface area (Å²) in [4.78, 5) is 3.79. The summed E-state index contributed by atoms with van der Waals surface area (Å²) in [5, 5.41) is 3.49. The van der Waals surface area contributed by atoms with Crippen LogP contribution in [0.5, 0.6) is 0 Å². The van der Waals surface area contributed by atoms with Crippen LogP contribution >= 0.6 is 0 Å². The van der Waals surface area contributed by atoms with Gasteiger partial charge in [-0.2, -0.15) is 4.98 Å². The van der Waals surface area contributed by atoms with E-state index in [1.807, 2.05) is 0 Å². The molecular formula is C10H8F3N3O. The Bertz CT molecular complexity index is 556. The van der Waals surface area contributed by atoms with Gasteiger partial charge in [-0.25, -0.2) is 13.2 Å². The van der Waals surface area contributed by atoms with Crippen LogP contribution in [0.2, 0.25) is 0 Å². The molecule has 1 aromatic carbocycles. The highest BCUT2D eigenvalue weighted by Gasteiger charge is 2.21. The van der Waals surface area contributed by atoms with Gasteiger partial charge in [0.2, 0.25) is 5.89 Å². The average molecular weight is 243 g/mol. The Kier molecular flexibility index (Phi) is 2.84. The van der Waals surface area contributed by atoms with Crippen LogP contribution in [0.25, 0.3) is 0 Å². The van der Waals surface area contributed by atoms with E-state index in [0.29, 0.717) is 12.1 Å². The number of rotatable bonds is 2. The van der Waals surface area contributed by atoms with Crippen LogP contribution in [0.4, 0.5) is 13.2 Å². The van der Waals surface area contributed by atoms with E-state index < -0.39 is 23.5 Å². The topological polar surface area (TPSA) is 64.9 Å². The second kappa shape index (κ2) is 4.17. The molecule has 90 valence electrons. The molecule has 0 bridgehead atoms. The Hall–Kier alpha value is -1.89. The molecule has 0 aliphatic heterocycles. The quantitative estimate of drug-likeness (QED) is 0.817. The van der Waals surface area contributed by atoms with Gasteiger partial charge in [-0.1, -0.05) is 5.16 Å². The predicted molar refractivity (Wildman–Crippen MR) is 51.4 cm³/mol. The second-order valence-electron chi connectivity index (χ2n) is 3.44. The lowest BCUT2D eigenvalue weighted by atomic mass is 10.1. The number of aryl methyl sites for hydroxylation is 1. The second-order valence-corrected chi connectivity index (χ2v) is 3.44. The molecule has 0 aliphatic carbocycles. The third-order valence-electron chi connectivity index (χ3n) is 2.20. The number of aromatic nitrogens is 2. The maximum Gasteiger partial charge on any atom is 0.223 e. The molecule has 4 nitrogen and oxygen atoms in total. The highest BCUT2D eigenvalue weighted by atomic mass is 19.2. The van der Waals surface area contributed by atoms with Crippen molar-refractivity contribution >= 4 is 0 Å². The molecule has 1 unspecified atom stereocenters. The molecule has 2 N–H and O–H groups in total. The van der Waals surface area contributed by atoms with E-state index in [0.717, 1.165) is 0 Å². The van der Waals surface area contributed by atoms with E-state index >= 15 is 0 Å². The Labute approximate surface area is 94.2 Å². The zero-order chi connectivity index (χ0) is 12.6. The van der Waals surface area contributed by atoms with Gasteiger partial charge in [0.25, 0.3) is 0 Å². The van der Waals surface area contributed by atoms with Crippen LogP contribution in [-0.2, 0) is 0 Å². The fourth-order valence-corrected chi connectivity index (χ4v) is 1.36. The van der Waals surface area contributed by atoms with E-state index in [9.17, 15) is 13.2 Å². The van der Waals surface area contributed by atoms with Gasteiger partial charge in [0, 0.05) is 18.6 Å². The minimum absolute atomic E-state index is 0.00686. The number of nitrogens with zero attached hydrogens (tertiary/aromatic N) is 2. The van der Waals surface area contributed by atoms with Crippen LogP contribution < -0.4 is 5.73 Å². The van der Waals surface area contributed by atoms with E-state index in [1.54, 1.807) is 0 Å². The van der Waals surface area contributed by atoms with Crippen LogP contribution in [0.3, 0.4) is 0 Å². The van der Waals surface area contributed by atoms with Gasteiger partial charge >= 0.3 is 0 Å². The zero-order valence-corrected chi connectivity index (χ0v) is 8.75. The van der Waals surface area contributed by atoms with Crippen molar-refractivity contribution in [1.82, 2.24) is 10.1 Å². The molecule has 0 aliphatic rings. The fraction of sp³-hybridized carbons (Fsp3) is 0.200. The number of halogens is 3. The summed E-state index contributed by atoms with van der Waals surface area (Å²) in [6.45, 7) is 1.53. The molecule has 0 amide bonds. The van der Waals surface area contributed by atoms with Gasteiger partial charge in [0.05, 0.1) is 6.04 Å². The van der Waals surface area contributed by atoms with E-state index in [-0.39, 0.29) is 17.3 Å². The SMILES string of the molecule is Cc1nc(C(N)c2cc(F)c(F)cc2F)no1. The van der Waals surface area contributed by atoms with E-state index in [2.05, 4.69) is 14.7 Å². The van der Waals surface area contributed by atoms with Crippen molar-refractivity contribution in [3.05, 3.63) is 46.9 Å². The van der Waals surface area contributed by atoms with Crippen molar-refractivity contribution < 1.29 is 17.7 Å². The summed E-state index contributed by atoms with van der Waals surface area (Å²) in [7, 11) is 0. The van der Waals surface area contributed by atoms with Gasteiger partial charge < -0.3 is 10.3 Å². The highest BCUT2D eigenvalue weighted by molar-refractivity contribution is 5.27. The zero-order valence-electron chi connectivity index (χ0n) is 8.75. The van der Waals surface area contributed by atoms with Crippen molar-refractivity contribution in [3.8, 4) is 0 Å². The highest BCUT2D eigenvalue weighted by Crippen LogP contribution is 2.22. The molecule has 0 spiro atoms. The lowest BCUT2D eigenvalue weighted by molar-refractivity contribution is 0.385. The molecule has 7 heteroatoms. The monoisotopic (exact) mass is 243 g/mol. The first kappa shape index (κ1) is 11.6. The molecule has 2 rings (SSSR count). The van der Waals surface area contributed by atoms with Crippen LogP contribution in [-0.4, -0.2) is 10.1 Å². The van der Waals surface area contributed by atoms with Gasteiger partial charge in [0.15, 0.2) is 17.5 Å². The van der Waals surface area contributed by atoms with Gasteiger partial charge in [0.1, 0.15) is 5.82 Å². The standard InChI is InChI=1S/C10H8F3N3O/c1-4-15-10(16-17-4)9(14)5-2-7(12)8(13)3-6(5)11/h2-3,9H,14H2,1H3. The molecule has 0 saturated heterocycles. The predicted octanol–water partition coefficient (Wildman–Crippen LogP) is 1.84.